The van der Waals surface area contributed by atoms with Crippen LogP contribution in [-0.2, 0) is 0 Å². The molecule has 1 saturated heterocycles. The fourth-order valence-corrected chi connectivity index (χ4v) is 2.99. The zero-order chi connectivity index (χ0) is 14.8. The van der Waals surface area contributed by atoms with Gasteiger partial charge in [-0.1, -0.05) is 35.3 Å². The van der Waals surface area contributed by atoms with Crippen LogP contribution in [0.1, 0.15) is 37.8 Å². The van der Waals surface area contributed by atoms with Crippen LogP contribution in [-0.4, -0.2) is 35.2 Å². The number of rotatable bonds is 4. The molecular weight excluding hydrogens is 295 g/mol. The largest absolute Gasteiger partial charge is 0.390 e. The lowest BCUT2D eigenvalue weighted by Gasteiger charge is -2.36. The third kappa shape index (κ3) is 4.09. The van der Waals surface area contributed by atoms with Gasteiger partial charge in [0.15, 0.2) is 0 Å². The number of benzene rings is 1. The van der Waals surface area contributed by atoms with Gasteiger partial charge >= 0.3 is 0 Å². The molecule has 3 nitrogen and oxygen atoms in total. The molecule has 1 aromatic rings. The van der Waals surface area contributed by atoms with Crippen molar-refractivity contribution in [1.82, 2.24) is 4.90 Å². The molecule has 1 aromatic carbocycles. The quantitative estimate of drug-likeness (QED) is 0.896. The maximum Gasteiger partial charge on any atom is 0.0644 e. The van der Waals surface area contributed by atoms with Crippen molar-refractivity contribution in [2.24, 2.45) is 5.73 Å². The normalized spacial score (nSPS) is 20.9. The van der Waals surface area contributed by atoms with Crippen LogP contribution in [0.25, 0.3) is 0 Å². The lowest BCUT2D eigenvalue weighted by atomic mass is 9.93. The second kappa shape index (κ2) is 6.63. The number of halogens is 2. The minimum absolute atomic E-state index is 0.108. The molecular formula is C15H22Cl2N2O. The van der Waals surface area contributed by atoms with Gasteiger partial charge in [0.25, 0.3) is 0 Å². The van der Waals surface area contributed by atoms with Gasteiger partial charge in [0, 0.05) is 19.1 Å². The fourth-order valence-electron chi connectivity index (χ4n) is 2.54. The number of aliphatic hydroxyl groups is 1. The number of piperidine rings is 1. The van der Waals surface area contributed by atoms with E-state index in [0.717, 1.165) is 44.5 Å². The summed E-state index contributed by atoms with van der Waals surface area (Å²) in [5.74, 6) is 0. The lowest BCUT2D eigenvalue weighted by Crippen LogP contribution is -2.43. The van der Waals surface area contributed by atoms with Gasteiger partial charge in [-0.3, -0.25) is 0 Å². The summed E-state index contributed by atoms with van der Waals surface area (Å²) in [4.78, 5) is 2.34. The highest BCUT2D eigenvalue weighted by Gasteiger charge is 2.27. The van der Waals surface area contributed by atoms with Crippen molar-refractivity contribution in [3.63, 3.8) is 0 Å². The summed E-state index contributed by atoms with van der Waals surface area (Å²) in [6.07, 6.45) is 2.47. The van der Waals surface area contributed by atoms with Gasteiger partial charge in [0.2, 0.25) is 0 Å². The Hall–Kier alpha value is -0.320. The summed E-state index contributed by atoms with van der Waals surface area (Å²) in [6, 6.07) is 5.47. The topological polar surface area (TPSA) is 49.5 Å². The van der Waals surface area contributed by atoms with Gasteiger partial charge in [-0.2, -0.15) is 0 Å². The summed E-state index contributed by atoms with van der Waals surface area (Å²) in [7, 11) is 0. The van der Waals surface area contributed by atoms with Crippen LogP contribution in [0.4, 0.5) is 0 Å². The molecule has 1 atom stereocenters. The molecule has 112 valence electrons. The van der Waals surface area contributed by atoms with Crippen LogP contribution in [0.15, 0.2) is 18.2 Å². The molecule has 1 fully saturated rings. The van der Waals surface area contributed by atoms with Crippen molar-refractivity contribution in [3.05, 3.63) is 33.8 Å². The second-order valence-electron chi connectivity index (χ2n) is 5.88. The number of hydrogen-bond donors (Lipinski definition) is 2. The van der Waals surface area contributed by atoms with Gasteiger partial charge in [-0.05, 0) is 44.4 Å². The molecule has 1 heterocycles. The van der Waals surface area contributed by atoms with Crippen LogP contribution >= 0.6 is 23.2 Å². The fraction of sp³-hybridized carbons (Fsp3) is 0.600. The van der Waals surface area contributed by atoms with E-state index in [4.69, 9.17) is 28.9 Å². The molecule has 20 heavy (non-hydrogen) atoms. The molecule has 0 bridgehead atoms. The lowest BCUT2D eigenvalue weighted by molar-refractivity contribution is -0.00576. The SMILES string of the molecule is CC1(O)CCN(CCC(N)c2cccc(Cl)c2Cl)CC1. The summed E-state index contributed by atoms with van der Waals surface area (Å²) >= 11 is 12.2. The average molecular weight is 317 g/mol. The van der Waals surface area contributed by atoms with Crippen molar-refractivity contribution in [2.45, 2.75) is 37.8 Å². The Morgan fingerprint density at radius 1 is 1.35 bits per heavy atom. The predicted molar refractivity (Wildman–Crippen MR) is 84.3 cm³/mol. The molecule has 1 aliphatic rings. The first-order valence-electron chi connectivity index (χ1n) is 7.03. The van der Waals surface area contributed by atoms with Crippen LogP contribution in [0, 0.1) is 0 Å². The van der Waals surface area contributed by atoms with E-state index in [1.165, 1.54) is 0 Å². The van der Waals surface area contributed by atoms with Gasteiger partial charge < -0.3 is 15.7 Å². The van der Waals surface area contributed by atoms with Gasteiger partial charge in [-0.15, -0.1) is 0 Å². The Bertz CT molecular complexity index is 455. The Balaban J connectivity index is 1.87. The van der Waals surface area contributed by atoms with E-state index < -0.39 is 5.60 Å². The van der Waals surface area contributed by atoms with E-state index in [2.05, 4.69) is 4.90 Å². The van der Waals surface area contributed by atoms with Crippen molar-refractivity contribution in [3.8, 4) is 0 Å². The minimum Gasteiger partial charge on any atom is -0.390 e. The highest BCUT2D eigenvalue weighted by atomic mass is 35.5. The van der Waals surface area contributed by atoms with E-state index in [0.29, 0.717) is 10.0 Å². The Labute approximate surface area is 130 Å². The monoisotopic (exact) mass is 316 g/mol. The van der Waals surface area contributed by atoms with Crippen LogP contribution in [0.5, 0.6) is 0 Å². The highest BCUT2D eigenvalue weighted by molar-refractivity contribution is 6.42. The maximum absolute atomic E-state index is 9.93. The summed E-state index contributed by atoms with van der Waals surface area (Å²) in [6.45, 7) is 4.66. The number of nitrogens with two attached hydrogens (primary N) is 1. The number of nitrogens with zero attached hydrogens (tertiary/aromatic N) is 1. The molecule has 0 saturated carbocycles. The molecule has 0 aromatic heterocycles. The van der Waals surface area contributed by atoms with Crippen molar-refractivity contribution in [1.29, 1.82) is 0 Å². The van der Waals surface area contributed by atoms with Gasteiger partial charge in [0.1, 0.15) is 0 Å². The number of hydrogen-bond acceptors (Lipinski definition) is 3. The predicted octanol–water partition coefficient (Wildman–Crippen LogP) is 3.23. The molecule has 3 N–H and O–H groups in total. The van der Waals surface area contributed by atoms with E-state index in [9.17, 15) is 5.11 Å². The summed E-state index contributed by atoms with van der Waals surface area (Å²) < 4.78 is 0. The summed E-state index contributed by atoms with van der Waals surface area (Å²) in [5.41, 5.74) is 6.62. The average Bonchev–Trinajstić information content (AvgIpc) is 2.40. The van der Waals surface area contributed by atoms with Crippen molar-refractivity contribution in [2.75, 3.05) is 19.6 Å². The zero-order valence-corrected chi connectivity index (χ0v) is 13.3. The molecule has 0 spiro atoms. The third-order valence-corrected chi connectivity index (χ3v) is 4.90. The third-order valence-electron chi connectivity index (χ3n) is 4.07. The van der Waals surface area contributed by atoms with E-state index in [1.54, 1.807) is 6.07 Å². The minimum atomic E-state index is -0.505. The van der Waals surface area contributed by atoms with Gasteiger partial charge in [0.05, 0.1) is 15.6 Å². The molecule has 0 amide bonds. The summed E-state index contributed by atoms with van der Waals surface area (Å²) in [5, 5.41) is 11.0. The Morgan fingerprint density at radius 2 is 2.00 bits per heavy atom. The standard InChI is InChI=1S/C15H22Cl2N2O/c1-15(20)6-9-19(10-7-15)8-5-13(18)11-3-2-4-12(16)14(11)17/h2-4,13,20H,5-10,18H2,1H3. The molecule has 5 heteroatoms. The van der Waals surface area contributed by atoms with Crippen LogP contribution in [0.3, 0.4) is 0 Å². The van der Waals surface area contributed by atoms with E-state index >= 15 is 0 Å². The van der Waals surface area contributed by atoms with Gasteiger partial charge in [-0.25, -0.2) is 0 Å². The Kier molecular flexibility index (Phi) is 5.32. The molecule has 1 aliphatic heterocycles. The zero-order valence-electron chi connectivity index (χ0n) is 11.8. The first-order chi connectivity index (χ1) is 9.39. The smallest absolute Gasteiger partial charge is 0.0644 e. The number of likely N-dealkylation sites (tertiary alicyclic amines) is 1. The second-order valence-corrected chi connectivity index (χ2v) is 6.66. The molecule has 2 rings (SSSR count). The highest BCUT2D eigenvalue weighted by Crippen LogP contribution is 2.30. The first-order valence-corrected chi connectivity index (χ1v) is 7.79. The van der Waals surface area contributed by atoms with Crippen LogP contribution < -0.4 is 5.73 Å². The maximum atomic E-state index is 9.93. The van der Waals surface area contributed by atoms with Crippen molar-refractivity contribution < 1.29 is 5.11 Å². The molecule has 0 aliphatic carbocycles. The Morgan fingerprint density at radius 3 is 2.65 bits per heavy atom. The van der Waals surface area contributed by atoms with E-state index in [1.807, 2.05) is 19.1 Å². The van der Waals surface area contributed by atoms with Crippen LogP contribution in [0.2, 0.25) is 10.0 Å². The van der Waals surface area contributed by atoms with E-state index in [-0.39, 0.29) is 6.04 Å². The first kappa shape index (κ1) is 16.1. The molecule has 1 unspecified atom stereocenters. The molecule has 0 radical (unpaired) electrons. The van der Waals surface area contributed by atoms with Crippen molar-refractivity contribution >= 4 is 23.2 Å².